The number of aromatic nitrogens is 2. The Kier molecular flexibility index (Phi) is 7.36. The van der Waals surface area contributed by atoms with Crippen LogP contribution in [-0.4, -0.2) is 61.0 Å². The fourth-order valence-electron chi connectivity index (χ4n) is 1.84. The monoisotopic (exact) mass is 415 g/mol. The Bertz CT molecular complexity index is 888. The zero-order valence-electron chi connectivity index (χ0n) is 14.6. The summed E-state index contributed by atoms with van der Waals surface area (Å²) in [5.41, 5.74) is 6.96. The maximum Gasteiger partial charge on any atom is 0.408 e. The van der Waals surface area contributed by atoms with E-state index in [1.165, 1.54) is 12.1 Å². The summed E-state index contributed by atoms with van der Waals surface area (Å²) in [6.07, 6.45) is -4.47. The fraction of sp³-hybridized carbons (Fsp3) is 0.286. The minimum absolute atomic E-state index is 0.0208. The van der Waals surface area contributed by atoms with E-state index in [1.54, 1.807) is 5.48 Å². The third-order valence-corrected chi connectivity index (χ3v) is 3.08. The van der Waals surface area contributed by atoms with Gasteiger partial charge in [-0.1, -0.05) is 5.46 Å². The molecule has 2 radical (unpaired) electrons. The molecule has 0 bridgehead atoms. The molecule has 0 unspecified atom stereocenters. The number of hydrogen-bond acceptors (Lipinski definition) is 7. The van der Waals surface area contributed by atoms with Crippen molar-refractivity contribution in [3.05, 3.63) is 29.7 Å². The number of guanidine groups is 1. The second-order valence-corrected chi connectivity index (χ2v) is 5.29. The van der Waals surface area contributed by atoms with E-state index >= 15 is 0 Å². The highest BCUT2D eigenvalue weighted by molar-refractivity contribution is 6.32. The minimum atomic E-state index is -4.47. The van der Waals surface area contributed by atoms with Gasteiger partial charge in [0.2, 0.25) is 5.69 Å². The van der Waals surface area contributed by atoms with Gasteiger partial charge in [0, 0.05) is 0 Å². The van der Waals surface area contributed by atoms with E-state index in [1.807, 2.05) is 0 Å². The lowest BCUT2D eigenvalue weighted by molar-refractivity contribution is -0.118. The normalized spacial score (nSPS) is 12.7. The van der Waals surface area contributed by atoms with E-state index in [4.69, 9.17) is 18.3 Å². The number of hydroxylamine groups is 1. The molecule has 29 heavy (non-hydrogen) atoms. The summed E-state index contributed by atoms with van der Waals surface area (Å²) in [5.74, 6) is -1.49. The Morgan fingerprint density at radius 2 is 2.10 bits per heavy atom. The molecule has 0 amide bonds. The van der Waals surface area contributed by atoms with Crippen molar-refractivity contribution in [1.82, 2.24) is 21.1 Å². The molecule has 10 nitrogen and oxygen atoms in total. The molecule has 2 aromatic rings. The van der Waals surface area contributed by atoms with Crippen LogP contribution in [0.4, 0.5) is 23.2 Å². The first-order valence-electron chi connectivity index (χ1n) is 7.79. The van der Waals surface area contributed by atoms with Gasteiger partial charge in [0.1, 0.15) is 26.8 Å². The number of nitrogens with two attached hydrogens (primary N) is 1. The molecule has 0 spiro atoms. The Morgan fingerprint density at radius 3 is 2.76 bits per heavy atom. The molecule has 1 aromatic heterocycles. The molecule has 2 rings (SSSR count). The predicted octanol–water partition coefficient (Wildman–Crippen LogP) is -0.0950. The van der Waals surface area contributed by atoms with Gasteiger partial charge in [-0.2, -0.15) is 13.2 Å². The van der Waals surface area contributed by atoms with Gasteiger partial charge in [-0.3, -0.25) is 10.7 Å². The van der Waals surface area contributed by atoms with Crippen molar-refractivity contribution < 1.29 is 32.1 Å². The lowest BCUT2D eigenvalue weighted by atomic mass is 9.95. The van der Waals surface area contributed by atoms with E-state index in [0.29, 0.717) is 0 Å². The number of nitrogens with one attached hydrogen (secondary N) is 2. The van der Waals surface area contributed by atoms with Gasteiger partial charge in [0.05, 0.1) is 12.2 Å². The van der Waals surface area contributed by atoms with Crippen LogP contribution in [0.15, 0.2) is 32.8 Å². The Hall–Kier alpha value is -3.36. The van der Waals surface area contributed by atoms with Gasteiger partial charge < -0.3 is 15.8 Å². The summed E-state index contributed by atoms with van der Waals surface area (Å²) >= 11 is 0. The molecule has 0 aliphatic rings. The molecule has 0 fully saturated rings. The number of amidine groups is 1. The van der Waals surface area contributed by atoms with Crippen LogP contribution < -0.4 is 26.7 Å². The smallest absolute Gasteiger partial charge is 0.408 e. The highest BCUT2D eigenvalue weighted by Gasteiger charge is 2.26. The average molecular weight is 415 g/mol. The number of ether oxygens (including phenoxy) is 1. The summed E-state index contributed by atoms with van der Waals surface area (Å²) in [4.78, 5) is 7.10. The molecule has 0 saturated carbocycles. The van der Waals surface area contributed by atoms with Gasteiger partial charge in [-0.15, -0.1) is 0 Å². The topological polar surface area (TPSA) is 143 Å². The quantitative estimate of drug-likeness (QED) is 0.123. The first-order valence-corrected chi connectivity index (χ1v) is 7.79. The summed E-state index contributed by atoms with van der Waals surface area (Å²) < 4.78 is 59.1. The molecule has 15 heteroatoms. The van der Waals surface area contributed by atoms with Crippen LogP contribution in [0.3, 0.4) is 0 Å². The van der Waals surface area contributed by atoms with Crippen LogP contribution in [0.25, 0.3) is 0 Å². The third kappa shape index (κ3) is 6.95. The maximum absolute atomic E-state index is 13.2. The van der Waals surface area contributed by atoms with Crippen molar-refractivity contribution in [3.8, 4) is 5.88 Å². The summed E-state index contributed by atoms with van der Waals surface area (Å²) in [5, 5.41) is 18.7. The second-order valence-electron chi connectivity index (χ2n) is 5.29. The zero-order valence-corrected chi connectivity index (χ0v) is 14.6. The van der Waals surface area contributed by atoms with Crippen molar-refractivity contribution in [2.75, 3.05) is 19.7 Å². The standard InChI is InChI=1S/C14H14BF4N7O3/c15-8-5-7(1-2-9(8)16)23-11(24-27)10-12(26-29-25-10)28-4-3-21-13(20)22-6-14(17,18)19/h1-2,5,27H,3-4,6H2,(H,23,24)(H3,20,21,22). The van der Waals surface area contributed by atoms with Gasteiger partial charge in [0.25, 0.3) is 5.88 Å². The molecule has 154 valence electrons. The van der Waals surface area contributed by atoms with Gasteiger partial charge in [-0.25, -0.2) is 19.0 Å². The highest BCUT2D eigenvalue weighted by atomic mass is 19.4. The fourth-order valence-corrected chi connectivity index (χ4v) is 1.84. The first kappa shape index (κ1) is 21.9. The van der Waals surface area contributed by atoms with Crippen molar-refractivity contribution in [2.24, 2.45) is 15.7 Å². The third-order valence-electron chi connectivity index (χ3n) is 3.08. The summed E-state index contributed by atoms with van der Waals surface area (Å²) in [7, 11) is 5.45. The van der Waals surface area contributed by atoms with Gasteiger partial charge in [0.15, 0.2) is 11.8 Å². The Morgan fingerprint density at radius 1 is 1.34 bits per heavy atom. The molecular weight excluding hydrogens is 401 g/mol. The lowest BCUT2D eigenvalue weighted by Gasteiger charge is -2.08. The number of benzene rings is 1. The summed E-state index contributed by atoms with van der Waals surface area (Å²) in [6.45, 7) is -1.56. The molecule has 1 aromatic carbocycles. The molecule has 0 aliphatic heterocycles. The highest BCUT2D eigenvalue weighted by Crippen LogP contribution is 2.17. The number of aliphatic imine (C=N–C) groups is 2. The van der Waals surface area contributed by atoms with Crippen LogP contribution in [0, 0.1) is 5.82 Å². The molecule has 0 atom stereocenters. The van der Waals surface area contributed by atoms with Crippen LogP contribution in [0.1, 0.15) is 5.69 Å². The van der Waals surface area contributed by atoms with Crippen LogP contribution in [0.2, 0.25) is 0 Å². The average Bonchev–Trinajstić information content (AvgIpc) is 3.12. The van der Waals surface area contributed by atoms with Crippen molar-refractivity contribution in [2.45, 2.75) is 6.18 Å². The first-order chi connectivity index (χ1) is 13.7. The molecule has 0 aliphatic carbocycles. The van der Waals surface area contributed by atoms with E-state index in [-0.39, 0.29) is 41.7 Å². The maximum atomic E-state index is 13.2. The number of rotatable bonds is 7. The van der Waals surface area contributed by atoms with Crippen LogP contribution in [0.5, 0.6) is 5.88 Å². The largest absolute Gasteiger partial charge is 0.472 e. The summed E-state index contributed by atoms with van der Waals surface area (Å²) in [6, 6.07) is 3.59. The van der Waals surface area contributed by atoms with Crippen molar-refractivity contribution in [3.63, 3.8) is 0 Å². The van der Waals surface area contributed by atoms with Crippen molar-refractivity contribution in [1.29, 1.82) is 0 Å². The van der Waals surface area contributed by atoms with E-state index < -0.39 is 24.5 Å². The number of nitrogens with zero attached hydrogens (tertiary/aromatic N) is 4. The SMILES string of the molecule is [B]c1cc(N=C(NO)c2nonc2OCCNC(N)=NCC(F)(F)F)ccc1F. The van der Waals surface area contributed by atoms with Crippen LogP contribution in [-0.2, 0) is 0 Å². The second kappa shape index (κ2) is 9.72. The van der Waals surface area contributed by atoms with Crippen molar-refractivity contribution >= 4 is 30.8 Å². The number of hydrogen-bond donors (Lipinski definition) is 4. The number of alkyl halides is 3. The minimum Gasteiger partial charge on any atom is -0.472 e. The van der Waals surface area contributed by atoms with E-state index in [2.05, 4.69) is 30.2 Å². The molecule has 1 heterocycles. The van der Waals surface area contributed by atoms with Gasteiger partial charge >= 0.3 is 6.18 Å². The molecular formula is C14H14BF4N7O3. The number of halogens is 4. The predicted molar refractivity (Wildman–Crippen MR) is 93.2 cm³/mol. The Balaban J connectivity index is 1.98. The van der Waals surface area contributed by atoms with E-state index in [0.717, 1.165) is 6.07 Å². The van der Waals surface area contributed by atoms with E-state index in [9.17, 15) is 22.8 Å². The Labute approximate surface area is 162 Å². The molecule has 0 saturated heterocycles. The molecule has 5 N–H and O–H groups in total. The zero-order chi connectivity index (χ0) is 21.4. The van der Waals surface area contributed by atoms with Gasteiger partial charge in [-0.05, 0) is 28.5 Å². The lowest BCUT2D eigenvalue weighted by Crippen LogP contribution is -2.35. The van der Waals surface area contributed by atoms with Crippen LogP contribution >= 0.6 is 0 Å².